The van der Waals surface area contributed by atoms with E-state index in [0.29, 0.717) is 12.2 Å². The lowest BCUT2D eigenvalue weighted by atomic mass is 10.2. The molecule has 108 valence electrons. The Morgan fingerprint density at radius 3 is 2.60 bits per heavy atom. The molecule has 0 bridgehead atoms. The Morgan fingerprint density at radius 1 is 1.30 bits per heavy atom. The maximum Gasteiger partial charge on any atom is 0.352 e. The van der Waals surface area contributed by atoms with Gasteiger partial charge in [0, 0.05) is 16.6 Å². The van der Waals surface area contributed by atoms with Crippen LogP contribution in [-0.4, -0.2) is 47.5 Å². The molecule has 1 amide bonds. The van der Waals surface area contributed by atoms with Gasteiger partial charge < -0.3 is 20.3 Å². The number of H-pyrrole nitrogens is 1. The van der Waals surface area contributed by atoms with E-state index in [2.05, 4.69) is 10.3 Å². The van der Waals surface area contributed by atoms with Crippen LogP contribution in [0.3, 0.4) is 0 Å². The lowest BCUT2D eigenvalue weighted by Gasteiger charge is -2.10. The Labute approximate surface area is 122 Å². The van der Waals surface area contributed by atoms with Gasteiger partial charge in [0.2, 0.25) is 5.91 Å². The number of hydrogen-bond donors (Lipinski definition) is 3. The van der Waals surface area contributed by atoms with E-state index >= 15 is 0 Å². The molecule has 2 aromatic rings. The van der Waals surface area contributed by atoms with Crippen LogP contribution in [0.15, 0.2) is 24.3 Å². The van der Waals surface area contributed by atoms with Gasteiger partial charge in [0.1, 0.15) is 5.69 Å². The average Bonchev–Trinajstić information content (AvgIpc) is 2.70. The molecule has 0 saturated carbocycles. The molecule has 3 N–H and O–H groups in total. The summed E-state index contributed by atoms with van der Waals surface area (Å²) in [6.07, 6.45) is 0. The molecule has 0 saturated heterocycles. The fraction of sp³-hybridized carbons (Fsp3) is 0.231. The van der Waals surface area contributed by atoms with Crippen LogP contribution in [-0.2, 0) is 4.79 Å². The molecule has 0 radical (unpaired) electrons. The van der Waals surface area contributed by atoms with Crippen molar-refractivity contribution < 1.29 is 14.7 Å². The molecule has 0 aliphatic heterocycles. The smallest absolute Gasteiger partial charge is 0.352 e. The molecule has 6 nitrogen and oxygen atoms in total. The largest absolute Gasteiger partial charge is 0.477 e. The topological polar surface area (TPSA) is 85.4 Å². The number of aromatic carboxylic acids is 1. The quantitative estimate of drug-likeness (QED) is 0.803. The standard InChI is InChI=1S/C13H15N3O3.ClH/c1-16(2)7-12(17)14-9-3-4-10-8(5-9)6-11(15-10)13(18)19;/h3-6,15H,7H2,1-2H3,(H,14,17)(H,18,19);1H. The number of fused-ring (bicyclic) bond motifs is 1. The molecule has 7 heteroatoms. The highest BCUT2D eigenvalue weighted by atomic mass is 35.5. The van der Waals surface area contributed by atoms with Crippen LogP contribution in [0.2, 0.25) is 0 Å². The Kier molecular flexibility index (Phi) is 5.12. The Balaban J connectivity index is 0.00000200. The first kappa shape index (κ1) is 16.0. The highest BCUT2D eigenvalue weighted by Crippen LogP contribution is 2.20. The number of halogens is 1. The summed E-state index contributed by atoms with van der Waals surface area (Å²) in [5.41, 5.74) is 1.50. The predicted molar refractivity (Wildman–Crippen MR) is 79.7 cm³/mol. The maximum absolute atomic E-state index is 11.6. The number of carbonyl (C=O) groups excluding carboxylic acids is 1. The van der Waals surface area contributed by atoms with Gasteiger partial charge >= 0.3 is 5.97 Å². The van der Waals surface area contributed by atoms with Crippen molar-refractivity contribution in [3.63, 3.8) is 0 Å². The number of likely N-dealkylation sites (N-methyl/N-ethyl adjacent to an activating group) is 1. The Morgan fingerprint density at radius 2 is 2.00 bits per heavy atom. The van der Waals surface area contributed by atoms with Crippen LogP contribution < -0.4 is 5.32 Å². The first-order valence-electron chi connectivity index (χ1n) is 5.76. The molecule has 0 fully saturated rings. The van der Waals surface area contributed by atoms with E-state index in [1.807, 2.05) is 14.1 Å². The van der Waals surface area contributed by atoms with Gasteiger partial charge in [0.15, 0.2) is 0 Å². The van der Waals surface area contributed by atoms with Crippen molar-refractivity contribution in [1.29, 1.82) is 0 Å². The number of carbonyl (C=O) groups is 2. The Bertz CT molecular complexity index is 637. The third-order valence-corrected chi connectivity index (χ3v) is 2.59. The van der Waals surface area contributed by atoms with E-state index < -0.39 is 5.97 Å². The average molecular weight is 298 g/mol. The molecule has 0 aliphatic rings. The van der Waals surface area contributed by atoms with Gasteiger partial charge in [-0.1, -0.05) is 0 Å². The molecular formula is C13H16ClN3O3. The summed E-state index contributed by atoms with van der Waals surface area (Å²) in [5.74, 6) is -1.12. The van der Waals surface area contributed by atoms with Gasteiger partial charge in [-0.15, -0.1) is 12.4 Å². The van der Waals surface area contributed by atoms with Gasteiger partial charge in [0.25, 0.3) is 0 Å². The molecule has 1 aromatic carbocycles. The van der Waals surface area contributed by atoms with Gasteiger partial charge in [0.05, 0.1) is 6.54 Å². The number of nitrogens with zero attached hydrogens (tertiary/aromatic N) is 1. The lowest BCUT2D eigenvalue weighted by molar-refractivity contribution is -0.116. The van der Waals surface area contributed by atoms with E-state index in [0.717, 1.165) is 10.9 Å². The number of carboxylic acid groups (broad SMARTS) is 1. The van der Waals surface area contributed by atoms with Gasteiger partial charge in [-0.2, -0.15) is 0 Å². The molecule has 0 spiro atoms. The minimum absolute atomic E-state index is 0. The van der Waals surface area contributed by atoms with E-state index in [4.69, 9.17) is 5.11 Å². The summed E-state index contributed by atoms with van der Waals surface area (Å²) < 4.78 is 0. The number of benzene rings is 1. The summed E-state index contributed by atoms with van der Waals surface area (Å²) in [5, 5.41) is 12.4. The normalized spacial score (nSPS) is 10.3. The maximum atomic E-state index is 11.6. The number of amides is 1. The van der Waals surface area contributed by atoms with Crippen molar-refractivity contribution in [3.8, 4) is 0 Å². The molecule has 20 heavy (non-hydrogen) atoms. The van der Waals surface area contributed by atoms with Crippen molar-refractivity contribution in [1.82, 2.24) is 9.88 Å². The van der Waals surface area contributed by atoms with Crippen LogP contribution in [0.5, 0.6) is 0 Å². The number of nitrogens with one attached hydrogen (secondary N) is 2. The predicted octanol–water partition coefficient (Wildman–Crippen LogP) is 1.79. The monoisotopic (exact) mass is 297 g/mol. The van der Waals surface area contributed by atoms with Crippen molar-refractivity contribution in [2.24, 2.45) is 0 Å². The van der Waals surface area contributed by atoms with E-state index in [1.54, 1.807) is 29.2 Å². The minimum atomic E-state index is -1.01. The van der Waals surface area contributed by atoms with Crippen LogP contribution in [0.4, 0.5) is 5.69 Å². The van der Waals surface area contributed by atoms with Gasteiger partial charge in [-0.25, -0.2) is 4.79 Å². The van der Waals surface area contributed by atoms with Crippen molar-refractivity contribution in [2.75, 3.05) is 26.0 Å². The number of carboxylic acids is 1. The zero-order chi connectivity index (χ0) is 14.0. The molecular weight excluding hydrogens is 282 g/mol. The van der Waals surface area contributed by atoms with Gasteiger partial charge in [-0.05, 0) is 38.4 Å². The van der Waals surface area contributed by atoms with Crippen molar-refractivity contribution in [3.05, 3.63) is 30.0 Å². The number of hydrogen-bond acceptors (Lipinski definition) is 3. The molecule has 1 aromatic heterocycles. The molecule has 0 aliphatic carbocycles. The van der Waals surface area contributed by atoms with E-state index in [9.17, 15) is 9.59 Å². The van der Waals surface area contributed by atoms with Crippen LogP contribution in [0.25, 0.3) is 10.9 Å². The second-order valence-corrected chi connectivity index (χ2v) is 4.58. The highest BCUT2D eigenvalue weighted by Gasteiger charge is 2.09. The van der Waals surface area contributed by atoms with Gasteiger partial charge in [-0.3, -0.25) is 4.79 Å². The van der Waals surface area contributed by atoms with Crippen molar-refractivity contribution >= 4 is 40.9 Å². The minimum Gasteiger partial charge on any atom is -0.477 e. The summed E-state index contributed by atoms with van der Waals surface area (Å²) in [6, 6.07) is 6.76. The van der Waals surface area contributed by atoms with Crippen LogP contribution in [0.1, 0.15) is 10.5 Å². The third-order valence-electron chi connectivity index (χ3n) is 2.59. The van der Waals surface area contributed by atoms with E-state index in [1.165, 1.54) is 0 Å². The lowest BCUT2D eigenvalue weighted by Crippen LogP contribution is -2.27. The Hall–Kier alpha value is -2.05. The zero-order valence-corrected chi connectivity index (χ0v) is 12.0. The molecule has 2 rings (SSSR count). The first-order valence-corrected chi connectivity index (χ1v) is 5.76. The zero-order valence-electron chi connectivity index (χ0n) is 11.1. The number of rotatable bonds is 4. The molecule has 0 unspecified atom stereocenters. The number of aromatic amines is 1. The second kappa shape index (κ2) is 6.40. The SMILES string of the molecule is CN(C)CC(=O)Nc1ccc2[nH]c(C(=O)O)cc2c1.Cl. The highest BCUT2D eigenvalue weighted by molar-refractivity contribution is 5.97. The van der Waals surface area contributed by atoms with Crippen LogP contribution >= 0.6 is 12.4 Å². The van der Waals surface area contributed by atoms with Crippen LogP contribution in [0, 0.1) is 0 Å². The van der Waals surface area contributed by atoms with E-state index in [-0.39, 0.29) is 24.0 Å². The molecule has 0 atom stereocenters. The fourth-order valence-electron chi connectivity index (χ4n) is 1.81. The first-order chi connectivity index (χ1) is 8.95. The summed E-state index contributed by atoms with van der Waals surface area (Å²) in [6.45, 7) is 0.297. The number of aromatic nitrogens is 1. The van der Waals surface area contributed by atoms with Crippen molar-refractivity contribution in [2.45, 2.75) is 0 Å². The summed E-state index contributed by atoms with van der Waals surface area (Å²) in [7, 11) is 3.63. The fourth-order valence-corrected chi connectivity index (χ4v) is 1.81. The summed E-state index contributed by atoms with van der Waals surface area (Å²) >= 11 is 0. The second-order valence-electron chi connectivity index (χ2n) is 4.58. The molecule has 1 heterocycles. The number of anilines is 1. The summed E-state index contributed by atoms with van der Waals surface area (Å²) in [4.78, 5) is 27.0. The third kappa shape index (κ3) is 3.72.